The van der Waals surface area contributed by atoms with Crippen molar-refractivity contribution >= 4 is 23.4 Å². The zero-order valence-electron chi connectivity index (χ0n) is 17.7. The smallest absolute Gasteiger partial charge is 0.332 e. The van der Waals surface area contributed by atoms with Gasteiger partial charge in [0.25, 0.3) is 5.56 Å². The first kappa shape index (κ1) is 23.0. The van der Waals surface area contributed by atoms with Crippen molar-refractivity contribution in [2.24, 2.45) is 7.05 Å². The highest BCUT2D eigenvalue weighted by atomic mass is 35.5. The van der Waals surface area contributed by atoms with E-state index in [0.717, 1.165) is 49.2 Å². The van der Waals surface area contributed by atoms with E-state index in [4.69, 9.17) is 4.98 Å². The maximum atomic E-state index is 12.8. The van der Waals surface area contributed by atoms with Crippen molar-refractivity contribution in [1.29, 1.82) is 0 Å². The molecule has 0 aliphatic carbocycles. The molecule has 10 heteroatoms. The van der Waals surface area contributed by atoms with Gasteiger partial charge in [0, 0.05) is 48.7 Å². The summed E-state index contributed by atoms with van der Waals surface area (Å²) >= 11 is 0. The number of aryl methyl sites for hydroxylation is 1. The fraction of sp³-hybridized carbons (Fsp3) is 0.261. The van der Waals surface area contributed by atoms with Crippen molar-refractivity contribution in [2.75, 3.05) is 6.54 Å². The lowest BCUT2D eigenvalue weighted by molar-refractivity contribution is -0.137. The Labute approximate surface area is 193 Å². The maximum absolute atomic E-state index is 12.8. The third kappa shape index (κ3) is 4.14. The minimum atomic E-state index is -4.45. The molecule has 0 atom stereocenters. The lowest BCUT2D eigenvalue weighted by Crippen LogP contribution is -2.18. The van der Waals surface area contributed by atoms with E-state index in [1.807, 2.05) is 19.2 Å². The van der Waals surface area contributed by atoms with E-state index in [0.29, 0.717) is 17.1 Å². The summed E-state index contributed by atoms with van der Waals surface area (Å²) < 4.78 is 41.8. The number of nitrogens with one attached hydrogen (secondary N) is 1. The van der Waals surface area contributed by atoms with Gasteiger partial charge in [-0.05, 0) is 55.3 Å². The number of pyridine rings is 3. The van der Waals surface area contributed by atoms with Crippen LogP contribution in [0.3, 0.4) is 0 Å². The van der Waals surface area contributed by atoms with Gasteiger partial charge in [0.15, 0.2) is 0 Å². The van der Waals surface area contributed by atoms with Crippen LogP contribution >= 0.6 is 12.4 Å². The summed E-state index contributed by atoms with van der Waals surface area (Å²) in [7, 11) is 1.99. The molecule has 4 aromatic rings. The molecule has 0 saturated carbocycles. The molecule has 1 aliphatic rings. The minimum absolute atomic E-state index is 0. The molecule has 172 valence electrons. The molecule has 5 rings (SSSR count). The zero-order valence-corrected chi connectivity index (χ0v) is 18.5. The molecule has 0 amide bonds. The van der Waals surface area contributed by atoms with Crippen LogP contribution < -0.4 is 10.9 Å². The molecule has 5 heterocycles. The Balaban J connectivity index is 0.00000259. The Morgan fingerprint density at radius 1 is 1.12 bits per heavy atom. The van der Waals surface area contributed by atoms with E-state index < -0.39 is 11.7 Å². The summed E-state index contributed by atoms with van der Waals surface area (Å²) in [4.78, 5) is 21.4. The molecule has 0 radical (unpaired) electrons. The highest BCUT2D eigenvalue weighted by Crippen LogP contribution is 2.30. The Kier molecular flexibility index (Phi) is 6.02. The molecular formula is C23H21ClF3N5O. The fourth-order valence-corrected chi connectivity index (χ4v) is 4.22. The molecule has 33 heavy (non-hydrogen) atoms. The van der Waals surface area contributed by atoms with Gasteiger partial charge in [-0.15, -0.1) is 12.4 Å². The second-order valence-electron chi connectivity index (χ2n) is 7.86. The van der Waals surface area contributed by atoms with Crippen molar-refractivity contribution in [3.63, 3.8) is 0 Å². The summed E-state index contributed by atoms with van der Waals surface area (Å²) in [5.41, 5.74) is 2.89. The number of aromatic nitrogens is 4. The van der Waals surface area contributed by atoms with Crippen LogP contribution in [0.25, 0.3) is 28.1 Å². The largest absolute Gasteiger partial charge is 0.417 e. The minimum Gasteiger partial charge on any atom is -0.332 e. The normalized spacial score (nSPS) is 13.9. The lowest BCUT2D eigenvalue weighted by Gasteiger charge is -2.09. The molecule has 4 aromatic heterocycles. The first-order valence-corrected chi connectivity index (χ1v) is 10.3. The standard InChI is InChI=1S/C23H20F3N5O.ClH/c1-30-19-3-2-9-27-13-17(19)16-5-7-20(29-22(16)30)31-10-8-14(11-21(31)32)18-6-4-15(12-28-18)23(24,25)26;/h4-8,10-12,27H,2-3,9,13H2,1H3;1H. The fourth-order valence-electron chi connectivity index (χ4n) is 4.22. The van der Waals surface area contributed by atoms with Gasteiger partial charge in [-0.2, -0.15) is 13.2 Å². The van der Waals surface area contributed by atoms with Gasteiger partial charge in [0.2, 0.25) is 0 Å². The topological polar surface area (TPSA) is 64.7 Å². The SMILES string of the molecule is Cl.Cn1c2c(c3ccc(-n4ccc(-c5ccc(C(F)(F)F)cn5)cc4=O)nc31)CNCCC2. The third-order valence-electron chi connectivity index (χ3n) is 5.88. The Bertz CT molecular complexity index is 1380. The second-order valence-corrected chi connectivity index (χ2v) is 7.86. The predicted octanol–water partition coefficient (Wildman–Crippen LogP) is 4.26. The van der Waals surface area contributed by atoms with Crippen LogP contribution in [0, 0.1) is 0 Å². The van der Waals surface area contributed by atoms with Gasteiger partial charge in [-0.25, -0.2) is 4.98 Å². The molecule has 0 saturated heterocycles. The number of hydrogen-bond donors (Lipinski definition) is 1. The van der Waals surface area contributed by atoms with Gasteiger partial charge in [-0.1, -0.05) is 0 Å². The highest BCUT2D eigenvalue weighted by molar-refractivity contribution is 5.85. The number of nitrogens with zero attached hydrogens (tertiary/aromatic N) is 4. The highest BCUT2D eigenvalue weighted by Gasteiger charge is 2.30. The van der Waals surface area contributed by atoms with Crippen molar-refractivity contribution in [3.8, 4) is 17.1 Å². The van der Waals surface area contributed by atoms with Crippen LogP contribution in [0.4, 0.5) is 13.2 Å². The lowest BCUT2D eigenvalue weighted by atomic mass is 10.1. The molecule has 0 spiro atoms. The second kappa shape index (κ2) is 8.64. The van der Waals surface area contributed by atoms with Crippen LogP contribution in [0.1, 0.15) is 23.2 Å². The van der Waals surface area contributed by atoms with Crippen LogP contribution in [0.5, 0.6) is 0 Å². The number of hydrogen-bond acceptors (Lipinski definition) is 4. The van der Waals surface area contributed by atoms with E-state index in [1.165, 1.54) is 28.0 Å². The average Bonchev–Trinajstić information content (AvgIpc) is 2.93. The Hall–Kier alpha value is -3.17. The van der Waals surface area contributed by atoms with Crippen LogP contribution in [0.15, 0.2) is 53.6 Å². The Morgan fingerprint density at radius 2 is 1.94 bits per heavy atom. The number of halogens is 4. The summed E-state index contributed by atoms with van der Waals surface area (Å²) in [6.45, 7) is 1.78. The molecular weight excluding hydrogens is 455 g/mol. The molecule has 6 nitrogen and oxygen atoms in total. The number of fused-ring (bicyclic) bond motifs is 3. The number of rotatable bonds is 2. The van der Waals surface area contributed by atoms with Crippen LogP contribution in [-0.4, -0.2) is 25.6 Å². The van der Waals surface area contributed by atoms with Gasteiger partial charge in [0.1, 0.15) is 11.5 Å². The monoisotopic (exact) mass is 475 g/mol. The molecule has 0 aromatic carbocycles. The van der Waals surface area contributed by atoms with Crippen LogP contribution in [0.2, 0.25) is 0 Å². The first-order valence-electron chi connectivity index (χ1n) is 10.3. The van der Waals surface area contributed by atoms with E-state index >= 15 is 0 Å². The van der Waals surface area contributed by atoms with Crippen molar-refractivity contribution in [1.82, 2.24) is 24.4 Å². The van der Waals surface area contributed by atoms with E-state index in [2.05, 4.69) is 14.9 Å². The molecule has 0 fully saturated rings. The summed E-state index contributed by atoms with van der Waals surface area (Å²) in [6.07, 6.45) is -0.0852. The van der Waals surface area contributed by atoms with Crippen molar-refractivity contribution < 1.29 is 13.2 Å². The number of alkyl halides is 3. The Morgan fingerprint density at radius 3 is 2.64 bits per heavy atom. The van der Waals surface area contributed by atoms with E-state index in [9.17, 15) is 18.0 Å². The predicted molar refractivity (Wildman–Crippen MR) is 122 cm³/mol. The zero-order chi connectivity index (χ0) is 22.5. The van der Waals surface area contributed by atoms with E-state index in [-0.39, 0.29) is 18.0 Å². The molecule has 1 N–H and O–H groups in total. The quantitative estimate of drug-likeness (QED) is 0.470. The summed E-state index contributed by atoms with van der Waals surface area (Å²) in [6, 6.07) is 9.01. The maximum Gasteiger partial charge on any atom is 0.417 e. The summed E-state index contributed by atoms with van der Waals surface area (Å²) in [5.74, 6) is 0.484. The van der Waals surface area contributed by atoms with Crippen molar-refractivity contribution in [3.05, 3.63) is 76.0 Å². The molecule has 1 aliphatic heterocycles. The molecule has 0 unspecified atom stereocenters. The first-order chi connectivity index (χ1) is 15.3. The van der Waals surface area contributed by atoms with Gasteiger partial charge in [0.05, 0.1) is 11.3 Å². The average molecular weight is 476 g/mol. The van der Waals surface area contributed by atoms with Gasteiger partial charge >= 0.3 is 6.18 Å². The molecule has 0 bridgehead atoms. The van der Waals surface area contributed by atoms with Gasteiger partial charge in [-0.3, -0.25) is 14.3 Å². The van der Waals surface area contributed by atoms with Gasteiger partial charge < -0.3 is 9.88 Å². The third-order valence-corrected chi connectivity index (χ3v) is 5.88. The summed E-state index contributed by atoms with van der Waals surface area (Å²) in [5, 5.41) is 4.50. The van der Waals surface area contributed by atoms with Crippen molar-refractivity contribution in [2.45, 2.75) is 25.6 Å². The van der Waals surface area contributed by atoms with E-state index in [1.54, 1.807) is 12.3 Å². The van der Waals surface area contributed by atoms with Crippen LogP contribution in [-0.2, 0) is 26.2 Å².